The van der Waals surface area contributed by atoms with Gasteiger partial charge in [0, 0.05) is 7.11 Å². The highest BCUT2D eigenvalue weighted by atomic mass is 32.1. The van der Waals surface area contributed by atoms with Crippen molar-refractivity contribution in [2.75, 3.05) is 19.5 Å². The van der Waals surface area contributed by atoms with Crippen LogP contribution in [0.5, 0.6) is 0 Å². The smallest absolute Gasteiger partial charge is 0.311 e. The average Bonchev–Trinajstić information content (AvgIpc) is 2.95. The highest BCUT2D eigenvalue weighted by molar-refractivity contribution is 7.16. The number of ether oxygens (including phenoxy) is 2. The summed E-state index contributed by atoms with van der Waals surface area (Å²) in [4.78, 5) is 29.7. The number of nitrogens with two attached hydrogens (primary N) is 1. The lowest BCUT2D eigenvalue weighted by atomic mass is 10.1. The summed E-state index contributed by atoms with van der Waals surface area (Å²) in [7, 11) is 1.36. The molecule has 1 saturated heterocycles. The fourth-order valence-corrected chi connectivity index (χ4v) is 3.38. The van der Waals surface area contributed by atoms with Crippen LogP contribution in [-0.2, 0) is 9.47 Å². The number of anilines is 1. The summed E-state index contributed by atoms with van der Waals surface area (Å²) < 4.78 is 11.7. The molecule has 0 bridgehead atoms. The van der Waals surface area contributed by atoms with E-state index in [9.17, 15) is 19.8 Å². The van der Waals surface area contributed by atoms with Crippen LogP contribution >= 0.6 is 11.3 Å². The fraction of sp³-hybridized carbons (Fsp3) is 0.545. The van der Waals surface area contributed by atoms with E-state index in [4.69, 9.17) is 15.2 Å². The molecule has 3 heterocycles. The molecule has 1 aliphatic rings. The first-order chi connectivity index (χ1) is 10.5. The molecular weight excluding hydrogens is 316 g/mol. The van der Waals surface area contributed by atoms with Crippen LogP contribution in [0.2, 0.25) is 0 Å². The summed E-state index contributed by atoms with van der Waals surface area (Å²) >= 11 is 0.672. The molecule has 2 aromatic heterocycles. The Morgan fingerprint density at radius 2 is 2.27 bits per heavy atom. The Labute approximate surface area is 126 Å². The van der Waals surface area contributed by atoms with Crippen LogP contribution in [0.3, 0.4) is 0 Å². The van der Waals surface area contributed by atoms with Gasteiger partial charge >= 0.3 is 4.87 Å². The molecule has 4 atom stereocenters. The number of aromatic amines is 1. The average molecular weight is 330 g/mol. The number of hydrogen-bond acceptors (Lipinski definition) is 9. The van der Waals surface area contributed by atoms with Gasteiger partial charge in [-0.2, -0.15) is 4.98 Å². The van der Waals surface area contributed by atoms with E-state index in [0.29, 0.717) is 11.3 Å². The van der Waals surface area contributed by atoms with Crippen molar-refractivity contribution in [2.45, 2.75) is 24.5 Å². The number of nitrogen functional groups attached to an aromatic ring is 1. The van der Waals surface area contributed by atoms with E-state index in [1.54, 1.807) is 0 Å². The van der Waals surface area contributed by atoms with Gasteiger partial charge in [-0.15, -0.1) is 0 Å². The number of H-pyrrole nitrogens is 1. The number of aliphatic hydroxyl groups excluding tert-OH is 2. The Morgan fingerprint density at radius 3 is 2.86 bits per heavy atom. The van der Waals surface area contributed by atoms with E-state index in [0.717, 1.165) is 4.57 Å². The molecule has 22 heavy (non-hydrogen) atoms. The van der Waals surface area contributed by atoms with Crippen LogP contribution in [-0.4, -0.2) is 56.8 Å². The number of aliphatic hydroxyl groups is 2. The van der Waals surface area contributed by atoms with E-state index in [1.807, 2.05) is 0 Å². The first kappa shape index (κ1) is 15.1. The van der Waals surface area contributed by atoms with Crippen molar-refractivity contribution >= 4 is 27.6 Å². The van der Waals surface area contributed by atoms with Crippen molar-refractivity contribution in [1.29, 1.82) is 0 Å². The number of hydrogen-bond donors (Lipinski definition) is 4. The van der Waals surface area contributed by atoms with Gasteiger partial charge in [0.25, 0.3) is 5.56 Å². The lowest BCUT2D eigenvalue weighted by Gasteiger charge is -2.17. The molecule has 1 fully saturated rings. The van der Waals surface area contributed by atoms with Gasteiger partial charge in [-0.1, -0.05) is 11.3 Å². The second-order valence-electron chi connectivity index (χ2n) is 4.78. The van der Waals surface area contributed by atoms with E-state index in [2.05, 4.69) is 9.97 Å². The second-order valence-corrected chi connectivity index (χ2v) is 5.74. The monoisotopic (exact) mass is 330 g/mol. The van der Waals surface area contributed by atoms with Crippen LogP contribution in [0.25, 0.3) is 10.3 Å². The number of aromatic nitrogens is 3. The Morgan fingerprint density at radius 1 is 1.55 bits per heavy atom. The van der Waals surface area contributed by atoms with Gasteiger partial charge in [0.15, 0.2) is 11.9 Å². The van der Waals surface area contributed by atoms with Gasteiger partial charge < -0.3 is 25.4 Å². The second kappa shape index (κ2) is 5.44. The van der Waals surface area contributed by atoms with E-state index < -0.39 is 35.0 Å². The zero-order valence-electron chi connectivity index (χ0n) is 11.4. The van der Waals surface area contributed by atoms with Gasteiger partial charge in [0.1, 0.15) is 23.0 Å². The molecule has 0 unspecified atom stereocenters. The maximum atomic E-state index is 12.2. The number of nitrogens with one attached hydrogen (secondary N) is 1. The van der Waals surface area contributed by atoms with Crippen LogP contribution in [0, 0.1) is 0 Å². The molecule has 0 amide bonds. The van der Waals surface area contributed by atoms with Gasteiger partial charge in [-0.25, -0.2) is 0 Å². The number of nitrogens with zero attached hydrogens (tertiary/aromatic N) is 2. The van der Waals surface area contributed by atoms with Crippen molar-refractivity contribution in [3.05, 3.63) is 20.0 Å². The molecule has 0 spiro atoms. The largest absolute Gasteiger partial charge is 0.394 e. The quantitative estimate of drug-likeness (QED) is 0.504. The van der Waals surface area contributed by atoms with Gasteiger partial charge in [-0.3, -0.25) is 19.1 Å². The summed E-state index contributed by atoms with van der Waals surface area (Å²) in [5.41, 5.74) is 4.98. The van der Waals surface area contributed by atoms with Gasteiger partial charge in [0.2, 0.25) is 5.95 Å². The summed E-state index contributed by atoms with van der Waals surface area (Å²) in [6.45, 7) is -0.390. The Balaban J connectivity index is 2.17. The van der Waals surface area contributed by atoms with Crippen LogP contribution in [0.15, 0.2) is 9.59 Å². The Hall–Kier alpha value is -1.79. The third-order valence-electron chi connectivity index (χ3n) is 3.51. The fourth-order valence-electron chi connectivity index (χ4n) is 2.54. The van der Waals surface area contributed by atoms with Crippen molar-refractivity contribution in [2.24, 2.45) is 0 Å². The molecule has 0 radical (unpaired) electrons. The minimum atomic E-state index is -1.21. The van der Waals surface area contributed by atoms with E-state index in [-0.39, 0.29) is 22.9 Å². The maximum Gasteiger partial charge on any atom is 0.311 e. The number of thiazole rings is 1. The van der Waals surface area contributed by atoms with E-state index >= 15 is 0 Å². The first-order valence-corrected chi connectivity index (χ1v) is 7.17. The van der Waals surface area contributed by atoms with Crippen molar-refractivity contribution < 1.29 is 19.7 Å². The minimum Gasteiger partial charge on any atom is -0.394 e. The predicted octanol–water partition coefficient (Wildman–Crippen LogP) is -2.01. The van der Waals surface area contributed by atoms with Crippen LogP contribution < -0.4 is 16.2 Å². The van der Waals surface area contributed by atoms with Crippen molar-refractivity contribution in [3.8, 4) is 0 Å². The molecule has 10 nitrogen and oxygen atoms in total. The molecule has 0 aliphatic carbocycles. The van der Waals surface area contributed by atoms with Gasteiger partial charge in [0.05, 0.1) is 6.61 Å². The minimum absolute atomic E-state index is 0.0220. The highest BCUT2D eigenvalue weighted by Gasteiger charge is 2.46. The molecular formula is C11H14N4O6S. The molecule has 0 aromatic carbocycles. The standard InChI is InChI=1S/C11H14N4O6S/c1-20-5-3(2-16)21-9(4(5)17)15-7-6(22-11(15)19)8(18)14-10(12)13-7/h3-5,9,16-17H,2H2,1H3,(H3,12,13,14,18)/t3-,4-,5+,9-/m1/s1. The van der Waals surface area contributed by atoms with Crippen LogP contribution in [0.4, 0.5) is 5.95 Å². The molecule has 3 rings (SSSR count). The lowest BCUT2D eigenvalue weighted by molar-refractivity contribution is -0.0542. The van der Waals surface area contributed by atoms with Crippen LogP contribution in [0.1, 0.15) is 6.23 Å². The van der Waals surface area contributed by atoms with Crippen molar-refractivity contribution in [1.82, 2.24) is 14.5 Å². The first-order valence-electron chi connectivity index (χ1n) is 6.36. The normalized spacial score (nSPS) is 28.5. The highest BCUT2D eigenvalue weighted by Crippen LogP contribution is 2.32. The zero-order chi connectivity index (χ0) is 16.0. The number of methoxy groups -OCH3 is 1. The molecule has 11 heteroatoms. The zero-order valence-corrected chi connectivity index (χ0v) is 12.2. The molecule has 5 N–H and O–H groups in total. The SMILES string of the molecule is CO[C@@H]1[C@@H](O)[C@H](n2c(=O)sc3c(=O)[nH]c(N)nc32)O[C@@H]1CO. The Kier molecular flexibility index (Phi) is 3.74. The molecule has 2 aromatic rings. The van der Waals surface area contributed by atoms with Crippen molar-refractivity contribution in [3.63, 3.8) is 0 Å². The van der Waals surface area contributed by atoms with E-state index in [1.165, 1.54) is 7.11 Å². The summed E-state index contributed by atoms with van der Waals surface area (Å²) in [6, 6.07) is 0. The molecule has 120 valence electrons. The topological polar surface area (TPSA) is 153 Å². The summed E-state index contributed by atoms with van der Waals surface area (Å²) in [6.07, 6.45) is -3.95. The van der Waals surface area contributed by atoms with Gasteiger partial charge in [-0.05, 0) is 0 Å². The third kappa shape index (κ3) is 2.14. The summed E-state index contributed by atoms with van der Waals surface area (Å²) in [5, 5.41) is 19.6. The number of rotatable bonds is 3. The molecule has 1 aliphatic heterocycles. The maximum absolute atomic E-state index is 12.2. The lowest BCUT2D eigenvalue weighted by Crippen LogP contribution is -2.36. The molecule has 0 saturated carbocycles. The number of fused-ring (bicyclic) bond motifs is 1. The summed E-state index contributed by atoms with van der Waals surface area (Å²) in [5.74, 6) is -0.154. The third-order valence-corrected chi connectivity index (χ3v) is 4.45. The predicted molar refractivity (Wildman–Crippen MR) is 76.7 cm³/mol. The Bertz CT molecular complexity index is 813.